The van der Waals surface area contributed by atoms with Crippen molar-refractivity contribution in [3.63, 3.8) is 0 Å². The van der Waals surface area contributed by atoms with Gasteiger partial charge in [0.2, 0.25) is 0 Å². The molecule has 1 aromatic heterocycles. The molecule has 2 N–H and O–H groups in total. The maximum absolute atomic E-state index is 10.9. The Balaban J connectivity index is 1.78. The van der Waals surface area contributed by atoms with E-state index in [4.69, 9.17) is 5.11 Å². The predicted octanol–water partition coefficient (Wildman–Crippen LogP) is 2.73. The first-order chi connectivity index (χ1) is 9.69. The van der Waals surface area contributed by atoms with E-state index in [0.717, 1.165) is 56.6 Å². The molecule has 5 nitrogen and oxygen atoms in total. The van der Waals surface area contributed by atoms with Crippen LogP contribution in [0.4, 0.5) is 5.82 Å². The van der Waals surface area contributed by atoms with E-state index >= 15 is 0 Å². The van der Waals surface area contributed by atoms with E-state index in [-0.39, 0.29) is 5.92 Å². The maximum Gasteiger partial charge on any atom is 0.306 e. The van der Waals surface area contributed by atoms with Crippen molar-refractivity contribution in [2.75, 3.05) is 11.9 Å². The minimum atomic E-state index is -0.642. The summed E-state index contributed by atoms with van der Waals surface area (Å²) in [6.45, 7) is 3.00. The van der Waals surface area contributed by atoms with E-state index in [2.05, 4.69) is 22.2 Å². The lowest BCUT2D eigenvalue weighted by molar-refractivity contribution is -0.143. The van der Waals surface area contributed by atoms with Crippen LogP contribution >= 0.6 is 0 Å². The average Bonchev–Trinajstić information content (AvgIpc) is 2.46. The molecule has 20 heavy (non-hydrogen) atoms. The topological polar surface area (TPSA) is 75.1 Å². The first-order valence-corrected chi connectivity index (χ1v) is 7.46. The summed E-state index contributed by atoms with van der Waals surface area (Å²) >= 11 is 0. The quantitative estimate of drug-likeness (QED) is 0.836. The standard InChI is InChI=1S/C15H23N3O2/c1-2-3-13-8-14(18-10-17-13)16-9-11-4-6-12(7-5-11)15(19)20/h8,10-12H,2-7,9H2,1H3,(H,19,20)(H,16,17,18). The maximum atomic E-state index is 10.9. The monoisotopic (exact) mass is 277 g/mol. The van der Waals surface area contributed by atoms with Crippen molar-refractivity contribution in [3.8, 4) is 0 Å². The molecule has 0 aliphatic heterocycles. The van der Waals surface area contributed by atoms with Gasteiger partial charge in [-0.25, -0.2) is 9.97 Å². The van der Waals surface area contributed by atoms with E-state index in [1.165, 1.54) is 0 Å². The van der Waals surface area contributed by atoms with E-state index < -0.39 is 5.97 Å². The van der Waals surface area contributed by atoms with Crippen LogP contribution in [0.1, 0.15) is 44.7 Å². The lowest BCUT2D eigenvalue weighted by Gasteiger charge is -2.26. The zero-order valence-corrected chi connectivity index (χ0v) is 12.0. The molecule has 0 saturated heterocycles. The van der Waals surface area contributed by atoms with Gasteiger partial charge in [-0.1, -0.05) is 13.3 Å². The molecule has 1 aromatic rings. The zero-order valence-electron chi connectivity index (χ0n) is 12.0. The number of carboxylic acid groups (broad SMARTS) is 1. The summed E-state index contributed by atoms with van der Waals surface area (Å²) in [6, 6.07) is 2.01. The fourth-order valence-corrected chi connectivity index (χ4v) is 2.75. The second-order valence-electron chi connectivity index (χ2n) is 5.58. The third-order valence-electron chi connectivity index (χ3n) is 4.00. The molecule has 110 valence electrons. The summed E-state index contributed by atoms with van der Waals surface area (Å²) in [5.74, 6) is 0.650. The van der Waals surface area contributed by atoms with Gasteiger partial charge in [-0.3, -0.25) is 4.79 Å². The summed E-state index contributed by atoms with van der Waals surface area (Å²) in [6.07, 6.45) is 7.22. The molecule has 0 radical (unpaired) electrons. The van der Waals surface area contributed by atoms with Crippen molar-refractivity contribution < 1.29 is 9.90 Å². The van der Waals surface area contributed by atoms with Crippen LogP contribution in [0.3, 0.4) is 0 Å². The van der Waals surface area contributed by atoms with Gasteiger partial charge in [-0.15, -0.1) is 0 Å². The van der Waals surface area contributed by atoms with Gasteiger partial charge in [-0.2, -0.15) is 0 Å². The van der Waals surface area contributed by atoms with Gasteiger partial charge in [0.25, 0.3) is 0 Å². The molecule has 0 unspecified atom stereocenters. The molecular formula is C15H23N3O2. The molecule has 1 fully saturated rings. The number of hydrogen-bond donors (Lipinski definition) is 2. The Morgan fingerprint density at radius 2 is 2.10 bits per heavy atom. The first-order valence-electron chi connectivity index (χ1n) is 7.46. The molecule has 1 aliphatic carbocycles. The molecule has 2 rings (SSSR count). The highest BCUT2D eigenvalue weighted by Gasteiger charge is 2.25. The summed E-state index contributed by atoms with van der Waals surface area (Å²) in [5.41, 5.74) is 1.07. The van der Waals surface area contributed by atoms with Crippen LogP contribution < -0.4 is 5.32 Å². The molecule has 5 heteroatoms. The molecule has 0 spiro atoms. The Kier molecular flexibility index (Phi) is 5.32. The third-order valence-corrected chi connectivity index (χ3v) is 4.00. The number of anilines is 1. The average molecular weight is 277 g/mol. The minimum Gasteiger partial charge on any atom is -0.481 e. The van der Waals surface area contributed by atoms with Gasteiger partial charge in [-0.05, 0) is 38.0 Å². The number of carboxylic acids is 1. The van der Waals surface area contributed by atoms with Crippen LogP contribution in [0, 0.1) is 11.8 Å². The van der Waals surface area contributed by atoms with Gasteiger partial charge < -0.3 is 10.4 Å². The number of aliphatic carboxylic acids is 1. The van der Waals surface area contributed by atoms with Crippen molar-refractivity contribution in [3.05, 3.63) is 18.1 Å². The van der Waals surface area contributed by atoms with Crippen LogP contribution in [0.2, 0.25) is 0 Å². The second-order valence-corrected chi connectivity index (χ2v) is 5.58. The largest absolute Gasteiger partial charge is 0.481 e. The summed E-state index contributed by atoms with van der Waals surface area (Å²) < 4.78 is 0. The number of nitrogens with zero attached hydrogens (tertiary/aromatic N) is 2. The molecule has 1 heterocycles. The van der Waals surface area contributed by atoms with Gasteiger partial charge in [0.15, 0.2) is 0 Å². The second kappa shape index (κ2) is 7.22. The van der Waals surface area contributed by atoms with Crippen molar-refractivity contribution in [2.45, 2.75) is 45.4 Å². The Morgan fingerprint density at radius 3 is 2.75 bits per heavy atom. The predicted molar refractivity (Wildman–Crippen MR) is 77.6 cm³/mol. The molecule has 1 aliphatic rings. The number of hydrogen-bond acceptors (Lipinski definition) is 4. The highest BCUT2D eigenvalue weighted by atomic mass is 16.4. The van der Waals surface area contributed by atoms with Crippen LogP contribution in [-0.2, 0) is 11.2 Å². The smallest absolute Gasteiger partial charge is 0.306 e. The summed E-state index contributed by atoms with van der Waals surface area (Å²) in [5, 5.41) is 12.3. The van der Waals surface area contributed by atoms with Gasteiger partial charge in [0.05, 0.1) is 5.92 Å². The van der Waals surface area contributed by atoms with Crippen LogP contribution in [-0.4, -0.2) is 27.6 Å². The molecular weight excluding hydrogens is 254 g/mol. The Morgan fingerprint density at radius 1 is 1.35 bits per heavy atom. The summed E-state index contributed by atoms with van der Waals surface area (Å²) in [7, 11) is 0. The van der Waals surface area contributed by atoms with Gasteiger partial charge >= 0.3 is 5.97 Å². The summed E-state index contributed by atoms with van der Waals surface area (Å²) in [4.78, 5) is 19.4. The minimum absolute atomic E-state index is 0.138. The number of rotatable bonds is 6. The van der Waals surface area contributed by atoms with E-state index in [1.54, 1.807) is 6.33 Å². The molecule has 0 bridgehead atoms. The Labute approximate surface area is 119 Å². The molecule has 1 saturated carbocycles. The fourth-order valence-electron chi connectivity index (χ4n) is 2.75. The Hall–Kier alpha value is -1.65. The normalized spacial score (nSPS) is 22.4. The number of aryl methyl sites for hydroxylation is 1. The van der Waals surface area contributed by atoms with Gasteiger partial charge in [0.1, 0.15) is 12.1 Å². The van der Waals surface area contributed by atoms with Crippen molar-refractivity contribution >= 4 is 11.8 Å². The SMILES string of the molecule is CCCc1cc(NCC2CCC(C(=O)O)CC2)ncn1. The Bertz CT molecular complexity index is 442. The number of aromatic nitrogens is 2. The van der Waals surface area contributed by atoms with Gasteiger partial charge in [0, 0.05) is 18.3 Å². The number of nitrogens with one attached hydrogen (secondary N) is 1. The van der Waals surface area contributed by atoms with E-state index in [1.807, 2.05) is 6.07 Å². The van der Waals surface area contributed by atoms with Crippen LogP contribution in [0.5, 0.6) is 0 Å². The molecule has 0 amide bonds. The lowest BCUT2D eigenvalue weighted by Crippen LogP contribution is -2.25. The van der Waals surface area contributed by atoms with Crippen molar-refractivity contribution in [1.82, 2.24) is 9.97 Å². The van der Waals surface area contributed by atoms with Crippen molar-refractivity contribution in [1.29, 1.82) is 0 Å². The lowest BCUT2D eigenvalue weighted by atomic mass is 9.82. The van der Waals surface area contributed by atoms with Crippen LogP contribution in [0.15, 0.2) is 12.4 Å². The third kappa shape index (κ3) is 4.18. The zero-order chi connectivity index (χ0) is 14.4. The van der Waals surface area contributed by atoms with E-state index in [0.29, 0.717) is 5.92 Å². The highest BCUT2D eigenvalue weighted by molar-refractivity contribution is 5.70. The van der Waals surface area contributed by atoms with Crippen molar-refractivity contribution in [2.24, 2.45) is 11.8 Å². The number of carbonyl (C=O) groups is 1. The van der Waals surface area contributed by atoms with Crippen LogP contribution in [0.25, 0.3) is 0 Å². The molecule has 0 aromatic carbocycles. The fraction of sp³-hybridized carbons (Fsp3) is 0.667. The molecule has 0 atom stereocenters. The highest BCUT2D eigenvalue weighted by Crippen LogP contribution is 2.29. The van der Waals surface area contributed by atoms with E-state index in [9.17, 15) is 4.79 Å². The first kappa shape index (κ1) is 14.8.